The molecule has 0 aliphatic carbocycles. The molecule has 0 spiro atoms. The van der Waals surface area contributed by atoms with Gasteiger partial charge in [-0.1, -0.05) is 60.7 Å². The summed E-state index contributed by atoms with van der Waals surface area (Å²) in [6.45, 7) is 7.34. The second-order valence-corrected chi connectivity index (χ2v) is 8.07. The van der Waals surface area contributed by atoms with Crippen molar-refractivity contribution in [3.05, 3.63) is 88.7 Å². The van der Waals surface area contributed by atoms with E-state index in [2.05, 4.69) is 51.7 Å². The van der Waals surface area contributed by atoms with Gasteiger partial charge in [-0.3, -0.25) is 14.4 Å². The van der Waals surface area contributed by atoms with E-state index in [0.29, 0.717) is 18.7 Å². The minimum atomic E-state index is -0.0376. The van der Waals surface area contributed by atoms with E-state index >= 15 is 0 Å². The number of aryl methyl sites for hydroxylation is 1. The third-order valence-electron chi connectivity index (χ3n) is 6.01. The maximum atomic E-state index is 13.1. The summed E-state index contributed by atoms with van der Waals surface area (Å²) >= 11 is 0. The van der Waals surface area contributed by atoms with Crippen molar-refractivity contribution in [2.24, 2.45) is 0 Å². The maximum Gasteiger partial charge on any atom is 0.255 e. The van der Waals surface area contributed by atoms with Gasteiger partial charge in [0.05, 0.1) is 23.8 Å². The van der Waals surface area contributed by atoms with Crippen LogP contribution in [0.5, 0.6) is 0 Å². The zero-order valence-corrected chi connectivity index (χ0v) is 17.8. The van der Waals surface area contributed by atoms with Crippen molar-refractivity contribution in [2.45, 2.75) is 39.3 Å². The van der Waals surface area contributed by atoms with E-state index in [1.165, 1.54) is 24.0 Å². The Kier molecular flexibility index (Phi) is 6.29. The molecule has 1 atom stereocenters. The quantitative estimate of drug-likeness (QED) is 0.647. The highest BCUT2D eigenvalue weighted by Crippen LogP contribution is 2.25. The first-order valence-corrected chi connectivity index (χ1v) is 10.8. The Morgan fingerprint density at radius 2 is 1.63 bits per heavy atom. The summed E-state index contributed by atoms with van der Waals surface area (Å²) in [6.07, 6.45) is 2.45. The minimum absolute atomic E-state index is 0.0376. The Bertz CT molecular complexity index is 975. The van der Waals surface area contributed by atoms with Gasteiger partial charge in [0.25, 0.3) is 5.91 Å². The van der Waals surface area contributed by atoms with E-state index in [1.54, 1.807) is 0 Å². The predicted molar refractivity (Wildman–Crippen MR) is 120 cm³/mol. The molecule has 5 heteroatoms. The maximum absolute atomic E-state index is 13.1. The molecule has 3 aromatic rings. The molecule has 2 aromatic carbocycles. The Labute approximate surface area is 178 Å². The highest BCUT2D eigenvalue weighted by Gasteiger charge is 2.25. The summed E-state index contributed by atoms with van der Waals surface area (Å²) in [5, 5.41) is 7.83. The molecule has 5 nitrogen and oxygen atoms in total. The molecule has 1 aromatic heterocycles. The Morgan fingerprint density at radius 1 is 1.00 bits per heavy atom. The molecule has 30 heavy (non-hydrogen) atoms. The minimum Gasteiger partial charge on any atom is -0.350 e. The summed E-state index contributed by atoms with van der Waals surface area (Å²) in [5.74, 6) is -0.0376. The average Bonchev–Trinajstić information content (AvgIpc) is 3.38. The van der Waals surface area contributed by atoms with Crippen LogP contribution in [-0.2, 0) is 6.54 Å². The number of hydrogen-bond acceptors (Lipinski definition) is 3. The summed E-state index contributed by atoms with van der Waals surface area (Å²) in [5.41, 5.74) is 4.81. The number of carbonyl (C=O) groups excluding carboxylic acids is 1. The van der Waals surface area contributed by atoms with Gasteiger partial charge in [-0.05, 0) is 50.9 Å². The summed E-state index contributed by atoms with van der Waals surface area (Å²) in [7, 11) is 0. The molecule has 0 radical (unpaired) electrons. The fourth-order valence-corrected chi connectivity index (χ4v) is 4.40. The van der Waals surface area contributed by atoms with Crippen molar-refractivity contribution < 1.29 is 4.79 Å². The van der Waals surface area contributed by atoms with E-state index in [-0.39, 0.29) is 11.9 Å². The lowest BCUT2D eigenvalue weighted by Gasteiger charge is -2.28. The van der Waals surface area contributed by atoms with Gasteiger partial charge in [-0.15, -0.1) is 0 Å². The van der Waals surface area contributed by atoms with Crippen LogP contribution in [0.15, 0.2) is 60.7 Å². The van der Waals surface area contributed by atoms with Crippen LogP contribution in [0, 0.1) is 13.8 Å². The second-order valence-electron chi connectivity index (χ2n) is 8.07. The number of aromatic nitrogens is 2. The lowest BCUT2D eigenvalue weighted by molar-refractivity contribution is 0.0936. The van der Waals surface area contributed by atoms with Gasteiger partial charge in [-0.25, -0.2) is 0 Å². The van der Waals surface area contributed by atoms with Gasteiger partial charge >= 0.3 is 0 Å². The van der Waals surface area contributed by atoms with Crippen LogP contribution >= 0.6 is 0 Å². The number of hydrogen-bond donors (Lipinski definition) is 1. The van der Waals surface area contributed by atoms with Crippen LogP contribution < -0.4 is 5.32 Å². The average molecular weight is 403 g/mol. The normalized spacial score (nSPS) is 15.3. The van der Waals surface area contributed by atoms with Gasteiger partial charge in [0.2, 0.25) is 0 Å². The number of carbonyl (C=O) groups is 1. The molecule has 1 N–H and O–H groups in total. The Balaban J connectivity index is 1.49. The van der Waals surface area contributed by atoms with Crippen LogP contribution in [0.4, 0.5) is 0 Å². The molecule has 1 saturated heterocycles. The second kappa shape index (κ2) is 9.26. The highest BCUT2D eigenvalue weighted by atomic mass is 16.1. The standard InChI is InChI=1S/C25H30N4O/c1-19-24(20(2)29(27-19)18-21-11-5-3-6-12-21)25(30)26-17-23(28-15-9-10-16-28)22-13-7-4-8-14-22/h3-8,11-14,23H,9-10,15-18H2,1-2H3,(H,26,30). The van der Waals surface area contributed by atoms with Crippen molar-refractivity contribution in [2.75, 3.05) is 19.6 Å². The predicted octanol–water partition coefficient (Wildman–Crippen LogP) is 4.12. The molecule has 0 saturated carbocycles. The first kappa shape index (κ1) is 20.4. The Hall–Kier alpha value is -2.92. The topological polar surface area (TPSA) is 50.2 Å². The molecule has 156 valence electrons. The largest absolute Gasteiger partial charge is 0.350 e. The third-order valence-corrected chi connectivity index (χ3v) is 6.01. The molecule has 1 amide bonds. The number of likely N-dealkylation sites (tertiary alicyclic amines) is 1. The van der Waals surface area contributed by atoms with Crippen LogP contribution in [-0.4, -0.2) is 40.2 Å². The number of amides is 1. The van der Waals surface area contributed by atoms with Crippen LogP contribution in [0.25, 0.3) is 0 Å². The number of rotatable bonds is 7. The van der Waals surface area contributed by atoms with Crippen LogP contribution in [0.3, 0.4) is 0 Å². The fraction of sp³-hybridized carbons (Fsp3) is 0.360. The van der Waals surface area contributed by atoms with Gasteiger partial charge in [-0.2, -0.15) is 5.10 Å². The van der Waals surface area contributed by atoms with Gasteiger partial charge in [0, 0.05) is 12.2 Å². The molecule has 1 unspecified atom stereocenters. The van der Waals surface area contributed by atoms with Gasteiger partial charge in [0.15, 0.2) is 0 Å². The summed E-state index contributed by atoms with van der Waals surface area (Å²) in [6, 6.07) is 20.9. The SMILES string of the molecule is Cc1nn(Cc2ccccc2)c(C)c1C(=O)NCC(c1ccccc1)N1CCCC1. The first-order chi connectivity index (χ1) is 14.6. The lowest BCUT2D eigenvalue weighted by Crippen LogP contribution is -2.37. The molecular formula is C25H30N4O. The van der Waals surface area contributed by atoms with Gasteiger partial charge < -0.3 is 5.32 Å². The van der Waals surface area contributed by atoms with Crippen molar-refractivity contribution in [3.63, 3.8) is 0 Å². The summed E-state index contributed by atoms with van der Waals surface area (Å²) < 4.78 is 1.93. The van der Waals surface area contributed by atoms with Crippen molar-refractivity contribution >= 4 is 5.91 Å². The third kappa shape index (κ3) is 4.46. The lowest BCUT2D eigenvalue weighted by atomic mass is 10.1. The molecule has 0 bridgehead atoms. The molecule has 1 fully saturated rings. The van der Waals surface area contributed by atoms with E-state index in [0.717, 1.165) is 24.5 Å². The zero-order valence-electron chi connectivity index (χ0n) is 17.8. The Morgan fingerprint density at radius 3 is 2.30 bits per heavy atom. The first-order valence-electron chi connectivity index (χ1n) is 10.8. The zero-order chi connectivity index (χ0) is 20.9. The molecule has 2 heterocycles. The molecule has 1 aliphatic heterocycles. The molecule has 4 rings (SSSR count). The van der Waals surface area contributed by atoms with Crippen molar-refractivity contribution in [3.8, 4) is 0 Å². The van der Waals surface area contributed by atoms with Crippen LogP contribution in [0.1, 0.15) is 51.8 Å². The van der Waals surface area contributed by atoms with Crippen molar-refractivity contribution in [1.29, 1.82) is 0 Å². The number of benzene rings is 2. The van der Waals surface area contributed by atoms with E-state index in [9.17, 15) is 4.79 Å². The van der Waals surface area contributed by atoms with E-state index in [4.69, 9.17) is 0 Å². The highest BCUT2D eigenvalue weighted by molar-refractivity contribution is 5.96. The van der Waals surface area contributed by atoms with E-state index in [1.807, 2.05) is 42.8 Å². The molecule has 1 aliphatic rings. The van der Waals surface area contributed by atoms with Gasteiger partial charge in [0.1, 0.15) is 0 Å². The monoisotopic (exact) mass is 402 g/mol. The smallest absolute Gasteiger partial charge is 0.255 e. The molecular weight excluding hydrogens is 372 g/mol. The summed E-state index contributed by atoms with van der Waals surface area (Å²) in [4.78, 5) is 15.6. The van der Waals surface area contributed by atoms with Crippen LogP contribution in [0.2, 0.25) is 0 Å². The number of nitrogens with zero attached hydrogens (tertiary/aromatic N) is 3. The fourth-order valence-electron chi connectivity index (χ4n) is 4.40. The van der Waals surface area contributed by atoms with E-state index < -0.39 is 0 Å². The van der Waals surface area contributed by atoms with Crippen molar-refractivity contribution in [1.82, 2.24) is 20.0 Å². The number of nitrogens with one attached hydrogen (secondary N) is 1.